The van der Waals surface area contributed by atoms with Crippen LogP contribution < -0.4 is 29.5 Å². The molecule has 0 radical (unpaired) electrons. The third-order valence-corrected chi connectivity index (χ3v) is 3.96. The summed E-state index contributed by atoms with van der Waals surface area (Å²) >= 11 is 0. The van der Waals surface area contributed by atoms with Crippen LogP contribution in [0.25, 0.3) is 0 Å². The van der Waals surface area contributed by atoms with Crippen LogP contribution >= 0.6 is 0 Å². The van der Waals surface area contributed by atoms with E-state index in [1.165, 1.54) is 32.6 Å². The molecule has 1 aliphatic rings. The number of hydrogen-bond acceptors (Lipinski definition) is 8. The number of hydrogen-bond donors (Lipinski definition) is 1. The highest BCUT2D eigenvalue weighted by Crippen LogP contribution is 2.33. The average molecular weight is 385 g/mol. The van der Waals surface area contributed by atoms with E-state index >= 15 is 0 Å². The Morgan fingerprint density at radius 1 is 1.18 bits per heavy atom. The molecule has 0 aromatic heterocycles. The molecular formula is C19H17N2O7-. The van der Waals surface area contributed by atoms with E-state index in [1.807, 2.05) is 0 Å². The lowest BCUT2D eigenvalue weighted by Gasteiger charge is -2.24. The average Bonchev–Trinajstić information content (AvgIpc) is 2.72. The Balaban J connectivity index is 1.73. The zero-order chi connectivity index (χ0) is 20.1. The van der Waals surface area contributed by atoms with Gasteiger partial charge in [0, 0.05) is 5.56 Å². The SMILES string of the molecule is COc1ccc(/C=N\NC(=O)[C@H]2COc3ccccc3O2)c(C(=O)[O-])c1OC. The van der Waals surface area contributed by atoms with E-state index in [9.17, 15) is 14.7 Å². The number of carboxylic acid groups (broad SMARTS) is 1. The topological polar surface area (TPSA) is 119 Å². The molecule has 146 valence electrons. The van der Waals surface area contributed by atoms with Crippen molar-refractivity contribution < 1.29 is 33.6 Å². The molecule has 9 heteroatoms. The molecule has 2 aromatic carbocycles. The van der Waals surface area contributed by atoms with Gasteiger partial charge in [-0.15, -0.1) is 0 Å². The molecule has 1 amide bonds. The molecule has 2 aromatic rings. The van der Waals surface area contributed by atoms with Crippen molar-refractivity contribution in [1.82, 2.24) is 5.43 Å². The monoisotopic (exact) mass is 385 g/mol. The molecule has 0 spiro atoms. The van der Waals surface area contributed by atoms with Gasteiger partial charge in [-0.1, -0.05) is 12.1 Å². The lowest BCUT2D eigenvalue weighted by Crippen LogP contribution is -2.42. The number of hydrazone groups is 1. The Bertz CT molecular complexity index is 926. The maximum atomic E-state index is 12.2. The number of nitrogens with one attached hydrogen (secondary N) is 1. The minimum Gasteiger partial charge on any atom is -0.545 e. The zero-order valence-corrected chi connectivity index (χ0v) is 15.1. The fourth-order valence-corrected chi connectivity index (χ4v) is 2.65. The number of carbonyl (C=O) groups is 2. The number of methoxy groups -OCH3 is 2. The molecule has 0 saturated carbocycles. The molecule has 0 bridgehead atoms. The van der Waals surface area contributed by atoms with Gasteiger partial charge in [0.15, 0.2) is 23.0 Å². The molecular weight excluding hydrogens is 368 g/mol. The molecule has 0 unspecified atom stereocenters. The van der Waals surface area contributed by atoms with Gasteiger partial charge in [0.2, 0.25) is 6.10 Å². The quantitative estimate of drug-likeness (QED) is 0.563. The minimum atomic E-state index is -1.47. The number of carboxylic acids is 1. The van der Waals surface area contributed by atoms with Gasteiger partial charge in [0.05, 0.1) is 32.0 Å². The van der Waals surface area contributed by atoms with E-state index in [2.05, 4.69) is 10.5 Å². The van der Waals surface area contributed by atoms with Gasteiger partial charge in [-0.2, -0.15) is 5.10 Å². The highest BCUT2D eigenvalue weighted by molar-refractivity contribution is 6.01. The minimum absolute atomic E-state index is 0.00148. The second-order valence-electron chi connectivity index (χ2n) is 5.65. The predicted octanol–water partition coefficient (Wildman–Crippen LogP) is 0.357. The lowest BCUT2D eigenvalue weighted by atomic mass is 10.1. The first-order valence-corrected chi connectivity index (χ1v) is 8.23. The first-order chi connectivity index (χ1) is 13.5. The fraction of sp³-hybridized carbons (Fsp3) is 0.211. The summed E-state index contributed by atoms with van der Waals surface area (Å²) in [5.41, 5.74) is 2.23. The standard InChI is InChI=1S/C19H18N2O7/c1-25-14-8-7-11(16(19(23)24)17(14)26-2)9-20-21-18(22)15-10-27-12-5-3-4-6-13(12)28-15/h3-9,15H,10H2,1-2H3,(H,21,22)(H,23,24)/p-1/b20-9-/t15-/m1/s1. The van der Waals surface area contributed by atoms with Crippen molar-refractivity contribution in [2.75, 3.05) is 20.8 Å². The van der Waals surface area contributed by atoms with Crippen LogP contribution in [0.1, 0.15) is 15.9 Å². The summed E-state index contributed by atoms with van der Waals surface area (Å²) < 4.78 is 21.2. The Morgan fingerprint density at radius 2 is 1.93 bits per heavy atom. The maximum Gasteiger partial charge on any atom is 0.284 e. The van der Waals surface area contributed by atoms with Crippen LogP contribution in [-0.4, -0.2) is 45.0 Å². The lowest BCUT2D eigenvalue weighted by molar-refractivity contribution is -0.255. The molecule has 1 aliphatic heterocycles. The number of para-hydroxylation sites is 2. The van der Waals surface area contributed by atoms with Gasteiger partial charge in [-0.25, -0.2) is 5.43 Å². The highest BCUT2D eigenvalue weighted by Gasteiger charge is 2.27. The summed E-state index contributed by atoms with van der Waals surface area (Å²) in [6.45, 7) is 0.0268. The number of ether oxygens (including phenoxy) is 4. The summed E-state index contributed by atoms with van der Waals surface area (Å²) in [5, 5.41) is 15.3. The van der Waals surface area contributed by atoms with Crippen LogP contribution in [0.3, 0.4) is 0 Å². The van der Waals surface area contributed by atoms with Gasteiger partial charge in [-0.05, 0) is 24.3 Å². The van der Waals surface area contributed by atoms with Gasteiger partial charge in [0.1, 0.15) is 6.61 Å². The van der Waals surface area contributed by atoms with E-state index in [1.54, 1.807) is 24.3 Å². The van der Waals surface area contributed by atoms with E-state index < -0.39 is 18.0 Å². The summed E-state index contributed by atoms with van der Waals surface area (Å²) in [6.07, 6.45) is 0.279. The van der Waals surface area contributed by atoms with Crippen molar-refractivity contribution in [1.29, 1.82) is 0 Å². The number of carbonyl (C=O) groups excluding carboxylic acids is 2. The summed E-state index contributed by atoms with van der Waals surface area (Å²) in [4.78, 5) is 23.7. The van der Waals surface area contributed by atoms with E-state index in [-0.39, 0.29) is 29.2 Å². The number of nitrogens with zero attached hydrogens (tertiary/aromatic N) is 1. The van der Waals surface area contributed by atoms with Gasteiger partial charge in [-0.3, -0.25) is 4.79 Å². The van der Waals surface area contributed by atoms with Crippen LogP contribution in [-0.2, 0) is 4.79 Å². The van der Waals surface area contributed by atoms with Crippen LogP contribution in [0.4, 0.5) is 0 Å². The van der Waals surface area contributed by atoms with Gasteiger partial charge in [0.25, 0.3) is 5.91 Å². The van der Waals surface area contributed by atoms with Crippen molar-refractivity contribution in [2.45, 2.75) is 6.10 Å². The fourth-order valence-electron chi connectivity index (χ4n) is 2.65. The largest absolute Gasteiger partial charge is 0.545 e. The van der Waals surface area contributed by atoms with Crippen molar-refractivity contribution in [3.05, 3.63) is 47.5 Å². The number of aromatic carboxylic acids is 1. The normalized spacial score (nSPS) is 15.1. The molecule has 0 aliphatic carbocycles. The van der Waals surface area contributed by atoms with Crippen molar-refractivity contribution in [2.24, 2.45) is 5.10 Å². The molecule has 1 heterocycles. The summed E-state index contributed by atoms with van der Waals surface area (Å²) in [6, 6.07) is 9.96. The zero-order valence-electron chi connectivity index (χ0n) is 15.1. The predicted molar refractivity (Wildman–Crippen MR) is 96.0 cm³/mol. The number of fused-ring (bicyclic) bond motifs is 1. The van der Waals surface area contributed by atoms with Crippen molar-refractivity contribution in [3.63, 3.8) is 0 Å². The Kier molecular flexibility index (Phi) is 5.64. The van der Waals surface area contributed by atoms with Crippen LogP contribution in [0.5, 0.6) is 23.0 Å². The number of benzene rings is 2. The first-order valence-electron chi connectivity index (χ1n) is 8.23. The molecule has 0 fully saturated rings. The molecule has 28 heavy (non-hydrogen) atoms. The van der Waals surface area contributed by atoms with E-state index in [4.69, 9.17) is 18.9 Å². The van der Waals surface area contributed by atoms with E-state index in [0.29, 0.717) is 11.5 Å². The molecule has 9 nitrogen and oxygen atoms in total. The molecule has 3 rings (SSSR count). The maximum absolute atomic E-state index is 12.2. The number of rotatable bonds is 6. The smallest absolute Gasteiger partial charge is 0.284 e. The van der Waals surface area contributed by atoms with E-state index in [0.717, 1.165) is 0 Å². The Labute approximate surface area is 160 Å². The highest BCUT2D eigenvalue weighted by atomic mass is 16.6. The van der Waals surface area contributed by atoms with Crippen molar-refractivity contribution in [3.8, 4) is 23.0 Å². The van der Waals surface area contributed by atoms with Crippen LogP contribution in [0, 0.1) is 0 Å². The second kappa shape index (κ2) is 8.30. The van der Waals surface area contributed by atoms with Crippen LogP contribution in [0.15, 0.2) is 41.5 Å². The summed E-state index contributed by atoms with van der Waals surface area (Å²) in [5.74, 6) is -0.769. The third kappa shape index (κ3) is 3.83. The summed E-state index contributed by atoms with van der Waals surface area (Å²) in [7, 11) is 2.69. The molecule has 1 atom stereocenters. The molecule has 0 saturated heterocycles. The second-order valence-corrected chi connectivity index (χ2v) is 5.65. The van der Waals surface area contributed by atoms with Crippen LogP contribution in [0.2, 0.25) is 0 Å². The molecule has 1 N–H and O–H groups in total. The Hall–Kier alpha value is -3.75. The Morgan fingerprint density at radius 3 is 2.61 bits per heavy atom. The first kappa shape index (κ1) is 19.0. The van der Waals surface area contributed by atoms with Crippen molar-refractivity contribution >= 4 is 18.1 Å². The third-order valence-electron chi connectivity index (χ3n) is 3.96. The van der Waals surface area contributed by atoms with Gasteiger partial charge >= 0.3 is 0 Å². The van der Waals surface area contributed by atoms with Gasteiger partial charge < -0.3 is 28.8 Å². The number of amides is 1.